The second-order valence-electron chi connectivity index (χ2n) is 8.38. The number of benzene rings is 2. The molecule has 2 aromatic carbocycles. The summed E-state index contributed by atoms with van der Waals surface area (Å²) >= 11 is 0. The van der Waals surface area contributed by atoms with E-state index in [-0.39, 0.29) is 11.7 Å². The fourth-order valence-electron chi connectivity index (χ4n) is 3.80. The van der Waals surface area contributed by atoms with Gasteiger partial charge in [-0.15, -0.1) is 0 Å². The summed E-state index contributed by atoms with van der Waals surface area (Å²) in [5.41, 5.74) is 1.49. The van der Waals surface area contributed by atoms with E-state index in [4.69, 9.17) is 4.74 Å². The Balaban J connectivity index is 1.91. The van der Waals surface area contributed by atoms with Crippen molar-refractivity contribution in [2.24, 2.45) is 0 Å². The molecule has 1 amide bonds. The van der Waals surface area contributed by atoms with E-state index in [0.717, 1.165) is 27.8 Å². The van der Waals surface area contributed by atoms with Crippen LogP contribution in [0.25, 0.3) is 0 Å². The van der Waals surface area contributed by atoms with Crippen LogP contribution in [0.15, 0.2) is 42.5 Å². The molecule has 162 valence electrons. The number of halogens is 1. The number of fused-ring (bicyclic) bond motifs is 1. The topological polar surface area (TPSA) is 75.7 Å². The highest BCUT2D eigenvalue weighted by Gasteiger charge is 2.37. The van der Waals surface area contributed by atoms with Gasteiger partial charge in [-0.2, -0.15) is 0 Å². The largest absolute Gasteiger partial charge is 0.487 e. The summed E-state index contributed by atoms with van der Waals surface area (Å²) in [7, 11) is -3.83. The average Bonchev–Trinajstić information content (AvgIpc) is 2.59. The number of hydrogen-bond acceptors (Lipinski definition) is 4. The number of amides is 1. The molecule has 0 aliphatic carbocycles. The van der Waals surface area contributed by atoms with E-state index in [1.54, 1.807) is 0 Å². The number of sulfonamides is 1. The first-order valence-corrected chi connectivity index (χ1v) is 11.6. The lowest BCUT2D eigenvalue weighted by Crippen LogP contribution is -2.50. The molecule has 3 rings (SSSR count). The number of carbonyl (C=O) groups excluding carboxylic acids is 1. The Morgan fingerprint density at radius 2 is 1.97 bits per heavy atom. The molecule has 2 atom stereocenters. The van der Waals surface area contributed by atoms with E-state index >= 15 is 0 Å². The number of anilines is 1. The lowest BCUT2D eigenvalue weighted by molar-refractivity contribution is -0.123. The van der Waals surface area contributed by atoms with E-state index in [1.165, 1.54) is 25.1 Å². The fraction of sp³-hybridized carbons (Fsp3) is 0.409. The average molecular weight is 435 g/mol. The number of rotatable bonds is 5. The Hall–Kier alpha value is -2.61. The second kappa shape index (κ2) is 7.91. The first-order chi connectivity index (χ1) is 13.9. The smallest absolute Gasteiger partial charge is 0.244 e. The van der Waals surface area contributed by atoms with E-state index in [1.807, 2.05) is 39.0 Å². The van der Waals surface area contributed by atoms with Crippen molar-refractivity contribution in [3.05, 3.63) is 59.4 Å². The Bertz CT molecular complexity index is 1070. The van der Waals surface area contributed by atoms with Crippen LogP contribution < -0.4 is 14.4 Å². The molecular formula is C22H27FN2O4S. The van der Waals surface area contributed by atoms with Crippen LogP contribution in [0.4, 0.5) is 10.1 Å². The number of ether oxygens (including phenoxy) is 1. The normalized spacial score (nSPS) is 18.7. The Morgan fingerprint density at radius 3 is 2.60 bits per heavy atom. The van der Waals surface area contributed by atoms with E-state index in [9.17, 15) is 17.6 Å². The van der Waals surface area contributed by atoms with Crippen molar-refractivity contribution in [1.82, 2.24) is 5.32 Å². The summed E-state index contributed by atoms with van der Waals surface area (Å²) in [4.78, 5) is 13.1. The van der Waals surface area contributed by atoms with Crippen LogP contribution in [-0.4, -0.2) is 32.2 Å². The highest BCUT2D eigenvalue weighted by molar-refractivity contribution is 7.92. The first kappa shape index (κ1) is 22.1. The van der Waals surface area contributed by atoms with Gasteiger partial charge >= 0.3 is 0 Å². The first-order valence-electron chi connectivity index (χ1n) is 9.72. The molecule has 0 unspecified atom stereocenters. The van der Waals surface area contributed by atoms with Gasteiger partial charge in [-0.3, -0.25) is 9.10 Å². The third kappa shape index (κ3) is 4.75. The Labute approximate surface area is 177 Å². The van der Waals surface area contributed by atoms with Crippen LogP contribution in [0.3, 0.4) is 0 Å². The molecule has 1 heterocycles. The zero-order valence-electron chi connectivity index (χ0n) is 17.8. The monoisotopic (exact) mass is 434 g/mol. The number of nitrogens with zero attached hydrogens (tertiary/aromatic N) is 1. The van der Waals surface area contributed by atoms with Crippen LogP contribution in [0.1, 0.15) is 44.4 Å². The highest BCUT2D eigenvalue weighted by Crippen LogP contribution is 2.40. The van der Waals surface area contributed by atoms with Crippen molar-refractivity contribution in [3.8, 4) is 5.75 Å². The molecular weight excluding hydrogens is 407 g/mol. The third-order valence-corrected chi connectivity index (χ3v) is 6.34. The van der Waals surface area contributed by atoms with Crippen LogP contribution in [0.5, 0.6) is 5.75 Å². The molecule has 30 heavy (non-hydrogen) atoms. The van der Waals surface area contributed by atoms with E-state index in [0.29, 0.717) is 12.2 Å². The number of carbonyl (C=O) groups is 1. The van der Waals surface area contributed by atoms with Gasteiger partial charge < -0.3 is 10.1 Å². The quantitative estimate of drug-likeness (QED) is 0.779. The Morgan fingerprint density at radius 1 is 1.27 bits per heavy atom. The van der Waals surface area contributed by atoms with Crippen molar-refractivity contribution in [3.63, 3.8) is 0 Å². The van der Waals surface area contributed by atoms with Gasteiger partial charge in [-0.25, -0.2) is 12.8 Å². The molecule has 1 aliphatic heterocycles. The number of hydrogen-bond donors (Lipinski definition) is 1. The number of nitrogens with one attached hydrogen (secondary N) is 1. The molecule has 0 saturated heterocycles. The van der Waals surface area contributed by atoms with E-state index in [2.05, 4.69) is 5.32 Å². The minimum Gasteiger partial charge on any atom is -0.487 e. The zero-order chi connectivity index (χ0) is 22.3. The van der Waals surface area contributed by atoms with Gasteiger partial charge in [0.25, 0.3) is 0 Å². The molecule has 0 saturated carbocycles. The summed E-state index contributed by atoms with van der Waals surface area (Å²) in [5, 5.41) is 2.97. The molecule has 0 radical (unpaired) electrons. The molecule has 2 aromatic rings. The van der Waals surface area contributed by atoms with Gasteiger partial charge in [-0.05, 0) is 57.5 Å². The van der Waals surface area contributed by atoms with Gasteiger partial charge in [0, 0.05) is 12.0 Å². The van der Waals surface area contributed by atoms with Crippen molar-refractivity contribution in [2.45, 2.75) is 51.8 Å². The van der Waals surface area contributed by atoms with Crippen molar-refractivity contribution in [2.75, 3.05) is 10.6 Å². The minimum atomic E-state index is -3.83. The van der Waals surface area contributed by atoms with Crippen molar-refractivity contribution in [1.29, 1.82) is 0 Å². The maximum Gasteiger partial charge on any atom is 0.244 e. The van der Waals surface area contributed by atoms with Gasteiger partial charge in [-0.1, -0.05) is 18.2 Å². The maximum atomic E-state index is 13.7. The molecule has 0 aromatic heterocycles. The van der Waals surface area contributed by atoms with Crippen LogP contribution in [0, 0.1) is 12.7 Å². The highest BCUT2D eigenvalue weighted by atomic mass is 32.2. The molecule has 1 N–H and O–H groups in total. The summed E-state index contributed by atoms with van der Waals surface area (Å²) < 4.78 is 45.5. The summed E-state index contributed by atoms with van der Waals surface area (Å²) in [5.74, 6) is -0.350. The predicted molar refractivity (Wildman–Crippen MR) is 115 cm³/mol. The van der Waals surface area contributed by atoms with Gasteiger partial charge in [0.15, 0.2) is 0 Å². The van der Waals surface area contributed by atoms with Crippen LogP contribution in [0.2, 0.25) is 0 Å². The molecule has 0 fully saturated rings. The maximum absolute atomic E-state index is 13.7. The van der Waals surface area contributed by atoms with Crippen molar-refractivity contribution >= 4 is 21.6 Å². The summed E-state index contributed by atoms with van der Waals surface area (Å²) in [6, 6.07) is 9.56. The van der Waals surface area contributed by atoms with Gasteiger partial charge in [0.05, 0.1) is 18.0 Å². The lowest BCUT2D eigenvalue weighted by atomic mass is 9.89. The lowest BCUT2D eigenvalue weighted by Gasteiger charge is -2.39. The number of aryl methyl sites for hydroxylation is 1. The molecule has 8 heteroatoms. The van der Waals surface area contributed by atoms with Crippen LogP contribution >= 0.6 is 0 Å². The summed E-state index contributed by atoms with van der Waals surface area (Å²) in [6.07, 6.45) is 1.53. The Kier molecular flexibility index (Phi) is 5.82. The predicted octanol–water partition coefficient (Wildman–Crippen LogP) is 3.71. The molecule has 0 spiro atoms. The van der Waals surface area contributed by atoms with Gasteiger partial charge in [0.2, 0.25) is 15.9 Å². The fourth-order valence-corrected chi connectivity index (χ4v) is 4.97. The van der Waals surface area contributed by atoms with Gasteiger partial charge in [0.1, 0.15) is 23.2 Å². The summed E-state index contributed by atoms with van der Waals surface area (Å²) in [6.45, 7) is 7.33. The zero-order valence-corrected chi connectivity index (χ0v) is 18.6. The molecule has 6 nitrogen and oxygen atoms in total. The molecule has 1 aliphatic rings. The minimum absolute atomic E-state index is 0.100. The van der Waals surface area contributed by atoms with E-state index < -0.39 is 33.4 Å². The van der Waals surface area contributed by atoms with Crippen LogP contribution in [-0.2, 0) is 14.8 Å². The molecule has 0 bridgehead atoms. The second-order valence-corrected chi connectivity index (χ2v) is 10.2. The third-order valence-electron chi connectivity index (χ3n) is 5.09. The van der Waals surface area contributed by atoms with Crippen molar-refractivity contribution < 1.29 is 22.3 Å². The standard InChI is InChI=1S/C22H27FN2O4S/c1-14-9-10-18-19(13-22(3,4)29-20(18)11-14)24-21(26)15(2)25(30(5,27)28)17-8-6-7-16(23)12-17/h6-12,15,19H,13H2,1-5H3,(H,24,26)/t15-,19-/m0/s1. The SMILES string of the molecule is Cc1ccc2c(c1)OC(C)(C)C[C@@H]2NC(=O)[C@H](C)N(c1cccc(F)c1)S(C)(=O)=O.